The third-order valence-electron chi connectivity index (χ3n) is 3.54. The van der Waals surface area contributed by atoms with Crippen molar-refractivity contribution in [3.63, 3.8) is 0 Å². The van der Waals surface area contributed by atoms with E-state index >= 15 is 0 Å². The lowest BCUT2D eigenvalue weighted by Gasteiger charge is -2.34. The summed E-state index contributed by atoms with van der Waals surface area (Å²) in [5.74, 6) is 0. The molecular weight excluding hydrogens is 268 g/mol. The molecule has 0 heterocycles. The van der Waals surface area contributed by atoms with Gasteiger partial charge in [0.25, 0.3) is 0 Å². The first kappa shape index (κ1) is 17.9. The summed E-state index contributed by atoms with van der Waals surface area (Å²) in [6.07, 6.45) is 10.7. The van der Waals surface area contributed by atoms with Crippen LogP contribution < -0.4 is 0 Å². The fourth-order valence-corrected chi connectivity index (χ4v) is 3.31. The van der Waals surface area contributed by atoms with E-state index in [-0.39, 0.29) is 0 Å². The second kappa shape index (κ2) is 11.9. The van der Waals surface area contributed by atoms with E-state index in [2.05, 4.69) is 41.0 Å². The standard InChI is InChI=1S/C13H24Si4/c14-9-1-5-13(6-2-10-15,7-3-11-16)8-4-12-17/h1-12H2. The Morgan fingerprint density at radius 3 is 0.882 bits per heavy atom. The molecule has 0 atom stereocenters. The summed E-state index contributed by atoms with van der Waals surface area (Å²) >= 11 is 0. The molecule has 12 radical (unpaired) electrons. The third kappa shape index (κ3) is 8.56. The molecule has 0 aromatic rings. The zero-order valence-corrected chi connectivity index (χ0v) is 15.0. The van der Waals surface area contributed by atoms with Crippen LogP contribution in [0.5, 0.6) is 0 Å². The highest BCUT2D eigenvalue weighted by Crippen LogP contribution is 2.41. The molecule has 0 saturated heterocycles. The summed E-state index contributed by atoms with van der Waals surface area (Å²) in [7, 11) is 14.5. The Bertz CT molecular complexity index is 124. The molecule has 0 nitrogen and oxygen atoms in total. The van der Waals surface area contributed by atoms with Crippen LogP contribution in [0.4, 0.5) is 0 Å². The molecule has 0 bridgehead atoms. The molecule has 17 heavy (non-hydrogen) atoms. The Kier molecular flexibility index (Phi) is 12.5. The molecule has 0 aromatic heterocycles. The highest BCUT2D eigenvalue weighted by molar-refractivity contribution is 6.09. The van der Waals surface area contributed by atoms with E-state index in [4.69, 9.17) is 0 Å². The smallest absolute Gasteiger partial charge is 0.0222 e. The predicted molar refractivity (Wildman–Crippen MR) is 81.6 cm³/mol. The van der Waals surface area contributed by atoms with Crippen LogP contribution in [0.15, 0.2) is 0 Å². The second-order valence-corrected chi connectivity index (χ2v) is 6.91. The van der Waals surface area contributed by atoms with Crippen LogP contribution in [0.3, 0.4) is 0 Å². The monoisotopic (exact) mass is 292 g/mol. The van der Waals surface area contributed by atoms with Gasteiger partial charge in [0.05, 0.1) is 0 Å². The molecule has 0 aliphatic rings. The van der Waals surface area contributed by atoms with Gasteiger partial charge in [0.15, 0.2) is 0 Å². The summed E-state index contributed by atoms with van der Waals surface area (Å²) in [4.78, 5) is 0. The molecule has 0 aromatic carbocycles. The minimum Gasteiger partial charge on any atom is -0.0638 e. The van der Waals surface area contributed by atoms with Gasteiger partial charge in [-0.15, -0.1) is 0 Å². The van der Waals surface area contributed by atoms with Crippen molar-refractivity contribution >= 4 is 41.0 Å². The maximum absolute atomic E-state index is 3.62. The van der Waals surface area contributed by atoms with Crippen LogP contribution in [0.2, 0.25) is 24.2 Å². The molecule has 0 aliphatic carbocycles. The average Bonchev–Trinajstić information content (AvgIpc) is 2.37. The maximum Gasteiger partial charge on any atom is 0.0222 e. The first-order valence-corrected chi connectivity index (χ1v) is 9.66. The van der Waals surface area contributed by atoms with Crippen molar-refractivity contribution in [1.82, 2.24) is 0 Å². The zero-order valence-electron chi connectivity index (χ0n) is 11.0. The van der Waals surface area contributed by atoms with Crippen molar-refractivity contribution in [2.45, 2.75) is 75.5 Å². The summed E-state index contributed by atoms with van der Waals surface area (Å²) in [6.45, 7) is 0. The van der Waals surface area contributed by atoms with Gasteiger partial charge in [-0.25, -0.2) is 0 Å². The van der Waals surface area contributed by atoms with E-state index in [1.54, 1.807) is 0 Å². The molecule has 0 rings (SSSR count). The zero-order chi connectivity index (χ0) is 13.0. The lowest BCUT2D eigenvalue weighted by molar-refractivity contribution is 0.191. The van der Waals surface area contributed by atoms with E-state index < -0.39 is 0 Å². The van der Waals surface area contributed by atoms with Crippen LogP contribution in [0.1, 0.15) is 51.4 Å². The molecule has 0 fully saturated rings. The average molecular weight is 293 g/mol. The van der Waals surface area contributed by atoms with Gasteiger partial charge in [0.1, 0.15) is 0 Å². The van der Waals surface area contributed by atoms with Gasteiger partial charge >= 0.3 is 0 Å². The fourth-order valence-electron chi connectivity index (χ4n) is 2.60. The first-order chi connectivity index (χ1) is 8.24. The highest BCUT2D eigenvalue weighted by atomic mass is 28.2. The topological polar surface area (TPSA) is 0 Å². The first-order valence-electron chi connectivity index (χ1n) is 6.83. The van der Waals surface area contributed by atoms with Gasteiger partial charge in [-0.2, -0.15) is 0 Å². The molecule has 0 unspecified atom stereocenters. The van der Waals surface area contributed by atoms with Gasteiger partial charge in [0, 0.05) is 41.0 Å². The van der Waals surface area contributed by atoms with Crippen molar-refractivity contribution in [1.29, 1.82) is 0 Å². The van der Waals surface area contributed by atoms with Gasteiger partial charge in [-0.3, -0.25) is 0 Å². The van der Waals surface area contributed by atoms with E-state index in [1.807, 2.05) is 0 Å². The second-order valence-electron chi connectivity index (χ2n) is 4.91. The lowest BCUT2D eigenvalue weighted by Crippen LogP contribution is -2.21. The summed E-state index contributed by atoms with van der Waals surface area (Å²) in [5, 5.41) is 0. The van der Waals surface area contributed by atoms with Crippen molar-refractivity contribution in [2.75, 3.05) is 0 Å². The molecule has 0 aliphatic heterocycles. The normalized spacial score (nSPS) is 12.0. The molecule has 0 amide bonds. The van der Waals surface area contributed by atoms with Gasteiger partial charge in [-0.1, -0.05) is 49.9 Å². The highest BCUT2D eigenvalue weighted by Gasteiger charge is 2.27. The Morgan fingerprint density at radius 2 is 0.706 bits per heavy atom. The Hall–Kier alpha value is 0.868. The van der Waals surface area contributed by atoms with Crippen LogP contribution in [0, 0.1) is 5.41 Å². The Morgan fingerprint density at radius 1 is 0.471 bits per heavy atom. The van der Waals surface area contributed by atoms with Crippen LogP contribution in [0.25, 0.3) is 0 Å². The summed E-state index contributed by atoms with van der Waals surface area (Å²) in [6, 6.07) is 4.55. The number of hydrogen-bond donors (Lipinski definition) is 0. The predicted octanol–water partition coefficient (Wildman–Crippen LogP) is 3.44. The lowest BCUT2D eigenvalue weighted by atomic mass is 9.72. The quantitative estimate of drug-likeness (QED) is 0.483. The van der Waals surface area contributed by atoms with Gasteiger partial charge in [-0.05, 0) is 31.1 Å². The van der Waals surface area contributed by atoms with Crippen molar-refractivity contribution in [2.24, 2.45) is 5.41 Å². The largest absolute Gasteiger partial charge is 0.0638 e. The molecule has 0 spiro atoms. The summed E-state index contributed by atoms with van der Waals surface area (Å²) in [5.41, 5.74) is 0.582. The molecule has 0 N–H and O–H groups in total. The van der Waals surface area contributed by atoms with E-state index in [0.717, 1.165) is 24.2 Å². The minimum atomic E-state index is 0.582. The van der Waals surface area contributed by atoms with E-state index in [1.165, 1.54) is 51.4 Å². The van der Waals surface area contributed by atoms with Gasteiger partial charge in [0.2, 0.25) is 0 Å². The Labute approximate surface area is 122 Å². The van der Waals surface area contributed by atoms with Crippen LogP contribution >= 0.6 is 0 Å². The van der Waals surface area contributed by atoms with E-state index in [9.17, 15) is 0 Å². The minimum absolute atomic E-state index is 0.582. The fraction of sp³-hybridized carbons (Fsp3) is 1.00. The SMILES string of the molecule is [Si]CCCC(CCC[Si])(CCC[Si])CCC[Si]. The molecular formula is C13H24Si4. The Balaban J connectivity index is 4.39. The van der Waals surface area contributed by atoms with Crippen LogP contribution in [-0.4, -0.2) is 41.0 Å². The van der Waals surface area contributed by atoms with Crippen molar-refractivity contribution in [3.05, 3.63) is 0 Å². The summed E-state index contributed by atoms with van der Waals surface area (Å²) < 4.78 is 0. The van der Waals surface area contributed by atoms with Crippen LogP contribution in [-0.2, 0) is 0 Å². The number of rotatable bonds is 12. The van der Waals surface area contributed by atoms with Crippen molar-refractivity contribution < 1.29 is 0 Å². The third-order valence-corrected chi connectivity index (χ3v) is 4.95. The molecule has 4 heteroatoms. The van der Waals surface area contributed by atoms with E-state index in [0.29, 0.717) is 5.41 Å². The maximum atomic E-state index is 3.62. The molecule has 0 saturated carbocycles. The van der Waals surface area contributed by atoms with Crippen molar-refractivity contribution in [3.8, 4) is 0 Å². The molecule has 92 valence electrons. The number of hydrogen-bond acceptors (Lipinski definition) is 0. The van der Waals surface area contributed by atoms with Gasteiger partial charge < -0.3 is 0 Å².